The third-order valence-corrected chi connectivity index (χ3v) is 5.75. The van der Waals surface area contributed by atoms with Crippen molar-refractivity contribution < 1.29 is 17.4 Å². The number of nitrogens with two attached hydrogens (primary N) is 2. The fraction of sp³-hybridized carbons (Fsp3) is 0.0667. The molecule has 1 heterocycles. The van der Waals surface area contributed by atoms with E-state index >= 15 is 0 Å². The summed E-state index contributed by atoms with van der Waals surface area (Å²) in [6.07, 6.45) is -4.57. The number of hydrogen-bond donors (Lipinski definition) is 2. The third-order valence-electron chi connectivity index (χ3n) is 3.44. The minimum absolute atomic E-state index is 0.0219. The van der Waals surface area contributed by atoms with Gasteiger partial charge in [0.25, 0.3) is 0 Å². The monoisotopic (exact) mass is 435 g/mol. The van der Waals surface area contributed by atoms with E-state index in [-0.39, 0.29) is 31.7 Å². The molecule has 6 nitrogen and oxygen atoms in total. The van der Waals surface area contributed by atoms with Crippen LogP contribution < -0.4 is 11.5 Å². The van der Waals surface area contributed by atoms with Crippen LogP contribution in [0.1, 0.15) is 5.56 Å². The quantitative estimate of drug-likeness (QED) is 0.649. The van der Waals surface area contributed by atoms with Crippen LogP contribution in [0.5, 0.6) is 0 Å². The summed E-state index contributed by atoms with van der Waals surface area (Å²) in [5.74, 6) is -0.0947. The smallest absolute Gasteiger partial charge is 0.368 e. The van der Waals surface area contributed by atoms with E-state index in [0.29, 0.717) is 5.69 Å². The normalized spacial score (nSPS) is 12.9. The molecule has 3 aromatic rings. The topological polar surface area (TPSA) is 99.8 Å². The van der Waals surface area contributed by atoms with E-state index in [1.54, 1.807) is 0 Å². The molecule has 0 aliphatic rings. The largest absolute Gasteiger partial charge is 0.416 e. The number of halogens is 5. The number of aromatic nitrogens is 3. The van der Waals surface area contributed by atoms with Gasteiger partial charge in [-0.3, -0.25) is 0 Å². The number of alkyl halides is 3. The highest BCUT2D eigenvalue weighted by Gasteiger charge is 2.31. The lowest BCUT2D eigenvalue weighted by molar-refractivity contribution is -0.137. The molecule has 0 saturated heterocycles. The Balaban J connectivity index is 2.05. The van der Waals surface area contributed by atoms with Gasteiger partial charge in [-0.2, -0.15) is 22.8 Å². The zero-order valence-electron chi connectivity index (χ0n) is 13.2. The maximum atomic E-state index is 12.9. The molecular formula is C15H10Cl2F3N5OS. The first-order valence-corrected chi connectivity index (χ1v) is 9.05. The molecule has 0 saturated carbocycles. The summed E-state index contributed by atoms with van der Waals surface area (Å²) < 4.78 is 52.6. The van der Waals surface area contributed by atoms with Crippen LogP contribution in [0.3, 0.4) is 0 Å². The molecule has 1 unspecified atom stereocenters. The number of nitrogen functional groups attached to an aromatic ring is 2. The van der Waals surface area contributed by atoms with Crippen molar-refractivity contribution in [2.75, 3.05) is 11.5 Å². The van der Waals surface area contributed by atoms with Gasteiger partial charge in [-0.05, 0) is 30.3 Å². The van der Waals surface area contributed by atoms with Gasteiger partial charge in [-0.15, -0.1) is 5.10 Å². The lowest BCUT2D eigenvalue weighted by Crippen LogP contribution is -2.06. The summed E-state index contributed by atoms with van der Waals surface area (Å²) in [5, 5.41) is 3.79. The van der Waals surface area contributed by atoms with Crippen molar-refractivity contribution in [1.29, 1.82) is 0 Å². The molecule has 0 aliphatic heterocycles. The molecule has 27 heavy (non-hydrogen) atoms. The van der Waals surface area contributed by atoms with Crippen LogP contribution >= 0.6 is 23.2 Å². The average Bonchev–Trinajstić information content (AvgIpc) is 2.92. The fourth-order valence-corrected chi connectivity index (χ4v) is 4.32. The molecule has 1 aromatic heterocycles. The number of rotatable bonds is 3. The maximum absolute atomic E-state index is 12.9. The second-order valence-corrected chi connectivity index (χ2v) is 7.50. The van der Waals surface area contributed by atoms with Gasteiger partial charge >= 0.3 is 6.18 Å². The summed E-state index contributed by atoms with van der Waals surface area (Å²) in [4.78, 5) is 3.61. The summed E-state index contributed by atoms with van der Waals surface area (Å²) in [5.41, 5.74) is 10.5. The Kier molecular flexibility index (Phi) is 5.06. The zero-order chi connectivity index (χ0) is 19.9. The van der Waals surface area contributed by atoms with Gasteiger partial charge in [-0.25, -0.2) is 4.21 Å². The van der Waals surface area contributed by atoms with Crippen molar-refractivity contribution in [3.8, 4) is 5.69 Å². The molecule has 1 atom stereocenters. The molecule has 0 bridgehead atoms. The summed E-state index contributed by atoms with van der Waals surface area (Å²) in [6, 6.07) is 6.84. The average molecular weight is 436 g/mol. The summed E-state index contributed by atoms with van der Waals surface area (Å²) >= 11 is 12.4. The van der Waals surface area contributed by atoms with E-state index in [4.69, 9.17) is 34.7 Å². The van der Waals surface area contributed by atoms with Crippen LogP contribution in [0.4, 0.5) is 25.1 Å². The molecular weight excluding hydrogens is 426 g/mol. The van der Waals surface area contributed by atoms with Crippen LogP contribution in [0.25, 0.3) is 5.69 Å². The Morgan fingerprint density at radius 3 is 2.22 bits per heavy atom. The molecule has 12 heteroatoms. The second-order valence-electron chi connectivity index (χ2n) is 5.27. The minimum Gasteiger partial charge on any atom is -0.368 e. The molecule has 0 amide bonds. The van der Waals surface area contributed by atoms with Gasteiger partial charge in [0.1, 0.15) is 0 Å². The van der Waals surface area contributed by atoms with E-state index < -0.39 is 22.5 Å². The van der Waals surface area contributed by atoms with Crippen LogP contribution in [0.2, 0.25) is 10.0 Å². The van der Waals surface area contributed by atoms with Gasteiger partial charge in [0.2, 0.25) is 11.9 Å². The molecule has 0 fully saturated rings. The lowest BCUT2D eigenvalue weighted by Gasteiger charge is -2.12. The number of benzene rings is 2. The molecule has 0 aliphatic carbocycles. The highest BCUT2D eigenvalue weighted by atomic mass is 35.5. The zero-order valence-corrected chi connectivity index (χ0v) is 15.5. The van der Waals surface area contributed by atoms with E-state index in [0.717, 1.165) is 18.2 Å². The molecule has 4 N–H and O–H groups in total. The standard InChI is InChI=1S/C15H10Cl2F3N5OS/c16-10-5-8(25-14(22)23-13(21)24-25)6-11(17)12(10)27(26)9-3-1-2-7(4-9)15(18,19)20/h1-6H,(H4,21,22,23,24). The van der Waals surface area contributed by atoms with Crippen LogP contribution in [0.15, 0.2) is 46.2 Å². The van der Waals surface area contributed by atoms with E-state index in [1.165, 1.54) is 22.9 Å². The Morgan fingerprint density at radius 1 is 1.07 bits per heavy atom. The minimum atomic E-state index is -4.57. The highest BCUT2D eigenvalue weighted by molar-refractivity contribution is 7.85. The van der Waals surface area contributed by atoms with Gasteiger partial charge in [0.15, 0.2) is 0 Å². The fourth-order valence-electron chi connectivity index (χ4n) is 2.28. The Bertz CT molecular complexity index is 1030. The van der Waals surface area contributed by atoms with Gasteiger partial charge < -0.3 is 11.5 Å². The van der Waals surface area contributed by atoms with Crippen molar-refractivity contribution >= 4 is 45.9 Å². The number of hydrogen-bond acceptors (Lipinski definition) is 5. The van der Waals surface area contributed by atoms with Crippen molar-refractivity contribution in [2.24, 2.45) is 0 Å². The predicted molar refractivity (Wildman–Crippen MR) is 96.3 cm³/mol. The maximum Gasteiger partial charge on any atom is 0.416 e. The predicted octanol–water partition coefficient (Wildman–Crippen LogP) is 3.92. The Labute approximate surface area is 163 Å². The van der Waals surface area contributed by atoms with Crippen LogP contribution in [-0.2, 0) is 17.0 Å². The summed E-state index contributed by atoms with van der Waals surface area (Å²) in [6.45, 7) is 0. The van der Waals surface area contributed by atoms with Crippen molar-refractivity contribution in [3.05, 3.63) is 52.0 Å². The lowest BCUT2D eigenvalue weighted by atomic mass is 10.2. The van der Waals surface area contributed by atoms with Gasteiger partial charge in [0, 0.05) is 4.90 Å². The molecule has 2 aromatic carbocycles. The number of nitrogens with zero attached hydrogens (tertiary/aromatic N) is 3. The Hall–Kier alpha value is -2.30. The first-order chi connectivity index (χ1) is 12.6. The summed E-state index contributed by atoms with van der Waals surface area (Å²) in [7, 11) is -2.04. The molecule has 0 radical (unpaired) electrons. The third kappa shape index (κ3) is 3.87. The SMILES string of the molecule is Nc1nc(N)n(-c2cc(Cl)c(S(=O)c3cccc(C(F)(F)F)c3)c(Cl)c2)n1. The molecule has 3 rings (SSSR count). The van der Waals surface area contributed by atoms with Gasteiger partial charge in [-0.1, -0.05) is 29.3 Å². The highest BCUT2D eigenvalue weighted by Crippen LogP contribution is 2.36. The van der Waals surface area contributed by atoms with Crippen molar-refractivity contribution in [1.82, 2.24) is 14.8 Å². The number of anilines is 2. The van der Waals surface area contributed by atoms with Gasteiger partial charge in [0.05, 0.1) is 37.0 Å². The van der Waals surface area contributed by atoms with Crippen molar-refractivity contribution in [2.45, 2.75) is 16.0 Å². The second kappa shape index (κ2) is 7.02. The van der Waals surface area contributed by atoms with E-state index in [9.17, 15) is 17.4 Å². The molecule has 142 valence electrons. The van der Waals surface area contributed by atoms with E-state index in [1.807, 2.05) is 0 Å². The van der Waals surface area contributed by atoms with Crippen LogP contribution in [0, 0.1) is 0 Å². The van der Waals surface area contributed by atoms with E-state index in [2.05, 4.69) is 10.1 Å². The Morgan fingerprint density at radius 2 is 1.70 bits per heavy atom. The first-order valence-electron chi connectivity index (χ1n) is 7.14. The van der Waals surface area contributed by atoms with Crippen LogP contribution in [-0.4, -0.2) is 19.0 Å². The van der Waals surface area contributed by atoms with Crippen molar-refractivity contribution in [3.63, 3.8) is 0 Å². The molecule has 0 spiro atoms. The first kappa shape index (κ1) is 19.5.